The maximum atomic E-state index is 2.36. The lowest BCUT2D eigenvalue weighted by Gasteiger charge is -2.26. The Morgan fingerprint density at radius 1 is 0.348 bits per heavy atom. The van der Waals surface area contributed by atoms with E-state index in [-0.39, 0.29) is 0 Å². The highest BCUT2D eigenvalue weighted by molar-refractivity contribution is 7.25. The smallest absolute Gasteiger partial charge is 0.0468 e. The van der Waals surface area contributed by atoms with Gasteiger partial charge in [-0.05, 0) is 95.1 Å². The van der Waals surface area contributed by atoms with Crippen molar-refractivity contribution in [3.05, 3.63) is 176 Å². The summed E-state index contributed by atoms with van der Waals surface area (Å²) in [7, 11) is 2.11. The molecule has 0 atom stereocenters. The van der Waals surface area contributed by atoms with Crippen LogP contribution in [0, 0.1) is 0 Å². The first-order valence-electron chi connectivity index (χ1n) is 15.6. The Hall–Kier alpha value is -5.64. The predicted molar refractivity (Wildman–Crippen MR) is 199 cm³/mol. The van der Waals surface area contributed by atoms with E-state index >= 15 is 0 Å². The topological polar surface area (TPSA) is 6.48 Å². The molecule has 0 unspecified atom stereocenters. The molecule has 1 heterocycles. The molecular weight excluding hydrogens is 577 g/mol. The summed E-state index contributed by atoms with van der Waals surface area (Å²) < 4.78 is 2.62. The van der Waals surface area contributed by atoms with Crippen LogP contribution in [-0.2, 0) is 0 Å². The number of para-hydroxylation sites is 1. The molecule has 0 saturated carbocycles. The fraction of sp³-hybridized carbons (Fsp3) is 0.0233. The standard InChI is InChI=1S/C43H32N2S/c1-44(35-12-6-3-7-13-35)36-22-16-33(17-23-36)34-20-26-38(27-21-34)45(37-24-18-32(19-25-37)31-10-4-2-5-11-31)39-28-29-43-41(30-39)40-14-8-9-15-42(40)46-43/h2-30H,1H3. The highest BCUT2D eigenvalue weighted by Crippen LogP contribution is 2.41. The number of nitrogens with zero attached hydrogens (tertiary/aromatic N) is 2. The van der Waals surface area contributed by atoms with E-state index in [2.05, 4.69) is 187 Å². The zero-order valence-electron chi connectivity index (χ0n) is 25.5. The van der Waals surface area contributed by atoms with Gasteiger partial charge in [0.05, 0.1) is 0 Å². The molecule has 0 bridgehead atoms. The summed E-state index contributed by atoms with van der Waals surface area (Å²) in [6.45, 7) is 0. The van der Waals surface area contributed by atoms with E-state index in [1.54, 1.807) is 0 Å². The van der Waals surface area contributed by atoms with Crippen LogP contribution in [0.1, 0.15) is 0 Å². The first-order valence-corrected chi connectivity index (χ1v) is 16.4. The molecular formula is C43H32N2S. The zero-order valence-corrected chi connectivity index (χ0v) is 26.4. The van der Waals surface area contributed by atoms with Gasteiger partial charge in [0.1, 0.15) is 0 Å². The van der Waals surface area contributed by atoms with Crippen LogP contribution in [0.4, 0.5) is 28.4 Å². The summed E-state index contributed by atoms with van der Waals surface area (Å²) in [4.78, 5) is 4.57. The van der Waals surface area contributed by atoms with Gasteiger partial charge < -0.3 is 9.80 Å². The van der Waals surface area contributed by atoms with Gasteiger partial charge in [0.25, 0.3) is 0 Å². The minimum Gasteiger partial charge on any atom is -0.345 e. The van der Waals surface area contributed by atoms with Gasteiger partial charge in [-0.2, -0.15) is 0 Å². The third kappa shape index (κ3) is 5.32. The van der Waals surface area contributed by atoms with E-state index in [4.69, 9.17) is 0 Å². The number of hydrogen-bond acceptors (Lipinski definition) is 3. The van der Waals surface area contributed by atoms with Crippen molar-refractivity contribution >= 4 is 59.9 Å². The molecule has 2 nitrogen and oxygen atoms in total. The lowest BCUT2D eigenvalue weighted by Crippen LogP contribution is -2.09. The number of benzene rings is 7. The number of hydrogen-bond donors (Lipinski definition) is 0. The Balaban J connectivity index is 1.16. The number of anilines is 5. The van der Waals surface area contributed by atoms with Gasteiger partial charge in [-0.25, -0.2) is 0 Å². The van der Waals surface area contributed by atoms with Crippen LogP contribution in [-0.4, -0.2) is 7.05 Å². The predicted octanol–water partition coefficient (Wildman–Crippen LogP) is 12.6. The summed E-state index contributed by atoms with van der Waals surface area (Å²) in [5.41, 5.74) is 10.5. The highest BCUT2D eigenvalue weighted by Gasteiger charge is 2.16. The van der Waals surface area contributed by atoms with Crippen LogP contribution in [0.25, 0.3) is 42.4 Å². The fourth-order valence-corrected chi connectivity index (χ4v) is 7.30. The van der Waals surface area contributed by atoms with Crippen LogP contribution in [0.5, 0.6) is 0 Å². The molecule has 0 spiro atoms. The minimum absolute atomic E-state index is 1.12. The molecule has 0 aliphatic rings. The molecule has 0 amide bonds. The lowest BCUT2D eigenvalue weighted by atomic mass is 10.0. The summed E-state index contributed by atoms with van der Waals surface area (Å²) in [6, 6.07) is 63.2. The Morgan fingerprint density at radius 3 is 1.39 bits per heavy atom. The van der Waals surface area contributed by atoms with E-state index in [9.17, 15) is 0 Å². The fourth-order valence-electron chi connectivity index (χ4n) is 6.22. The summed E-state index contributed by atoms with van der Waals surface area (Å²) in [5, 5.41) is 2.60. The molecule has 0 fully saturated rings. The zero-order chi connectivity index (χ0) is 30.9. The van der Waals surface area contributed by atoms with E-state index in [0.29, 0.717) is 0 Å². The van der Waals surface area contributed by atoms with Crippen molar-refractivity contribution in [2.75, 3.05) is 16.8 Å². The van der Waals surface area contributed by atoms with Crippen LogP contribution in [0.2, 0.25) is 0 Å². The minimum atomic E-state index is 1.12. The molecule has 220 valence electrons. The second-order valence-electron chi connectivity index (χ2n) is 11.5. The van der Waals surface area contributed by atoms with Gasteiger partial charge in [0.2, 0.25) is 0 Å². The molecule has 0 radical (unpaired) electrons. The van der Waals surface area contributed by atoms with Crippen molar-refractivity contribution < 1.29 is 0 Å². The number of fused-ring (bicyclic) bond motifs is 3. The van der Waals surface area contributed by atoms with Crippen molar-refractivity contribution in [1.82, 2.24) is 0 Å². The van der Waals surface area contributed by atoms with E-state index < -0.39 is 0 Å². The van der Waals surface area contributed by atoms with E-state index in [1.165, 1.54) is 48.1 Å². The monoisotopic (exact) mass is 608 g/mol. The van der Waals surface area contributed by atoms with Crippen molar-refractivity contribution in [1.29, 1.82) is 0 Å². The Labute approximate surface area is 274 Å². The molecule has 8 aromatic rings. The average molecular weight is 609 g/mol. The maximum absolute atomic E-state index is 2.36. The van der Waals surface area contributed by atoms with Gasteiger partial charge in [-0.15, -0.1) is 11.3 Å². The van der Waals surface area contributed by atoms with Crippen LogP contribution < -0.4 is 9.80 Å². The van der Waals surface area contributed by atoms with Crippen molar-refractivity contribution in [3.63, 3.8) is 0 Å². The molecule has 1 aromatic heterocycles. The average Bonchev–Trinajstić information content (AvgIpc) is 3.51. The number of rotatable bonds is 7. The van der Waals surface area contributed by atoms with Crippen LogP contribution in [0.3, 0.4) is 0 Å². The van der Waals surface area contributed by atoms with Gasteiger partial charge in [-0.3, -0.25) is 0 Å². The third-order valence-electron chi connectivity index (χ3n) is 8.71. The molecule has 46 heavy (non-hydrogen) atoms. The van der Waals surface area contributed by atoms with Crippen LogP contribution in [0.15, 0.2) is 176 Å². The first kappa shape index (κ1) is 27.9. The molecule has 8 rings (SSSR count). The van der Waals surface area contributed by atoms with Crippen molar-refractivity contribution in [3.8, 4) is 22.3 Å². The summed E-state index contributed by atoms with van der Waals surface area (Å²) in [6.07, 6.45) is 0. The Bertz CT molecular complexity index is 2240. The second kappa shape index (κ2) is 12.0. The largest absolute Gasteiger partial charge is 0.345 e. The second-order valence-corrected chi connectivity index (χ2v) is 12.6. The number of thiophene rings is 1. The van der Waals surface area contributed by atoms with Gasteiger partial charge >= 0.3 is 0 Å². The molecule has 0 aliphatic heterocycles. The summed E-state index contributed by atoms with van der Waals surface area (Å²) in [5.74, 6) is 0. The molecule has 7 aromatic carbocycles. The quantitative estimate of drug-likeness (QED) is 0.178. The maximum Gasteiger partial charge on any atom is 0.0468 e. The molecule has 0 N–H and O–H groups in total. The SMILES string of the molecule is CN(c1ccccc1)c1ccc(-c2ccc(N(c3ccc(-c4ccccc4)cc3)c3ccc4sc5ccccc5c4c3)cc2)cc1. The first-order chi connectivity index (χ1) is 22.7. The Kier molecular flexibility index (Phi) is 7.30. The lowest BCUT2D eigenvalue weighted by molar-refractivity contribution is 1.21. The third-order valence-corrected chi connectivity index (χ3v) is 9.86. The van der Waals surface area contributed by atoms with Gasteiger partial charge in [0, 0.05) is 55.7 Å². The molecule has 3 heteroatoms. The highest BCUT2D eigenvalue weighted by atomic mass is 32.1. The van der Waals surface area contributed by atoms with Crippen LogP contribution >= 0.6 is 11.3 Å². The van der Waals surface area contributed by atoms with E-state index in [0.717, 1.165) is 22.7 Å². The van der Waals surface area contributed by atoms with Gasteiger partial charge in [0.15, 0.2) is 0 Å². The Morgan fingerprint density at radius 2 is 0.783 bits per heavy atom. The van der Waals surface area contributed by atoms with Crippen molar-refractivity contribution in [2.24, 2.45) is 0 Å². The molecule has 0 saturated heterocycles. The normalized spacial score (nSPS) is 11.2. The summed E-state index contributed by atoms with van der Waals surface area (Å²) >= 11 is 1.85. The molecule has 0 aliphatic carbocycles. The van der Waals surface area contributed by atoms with Crippen molar-refractivity contribution in [2.45, 2.75) is 0 Å². The van der Waals surface area contributed by atoms with E-state index in [1.807, 2.05) is 17.4 Å². The van der Waals surface area contributed by atoms with Gasteiger partial charge in [-0.1, -0.05) is 103 Å².